The van der Waals surface area contributed by atoms with Crippen LogP contribution in [0.1, 0.15) is 29.9 Å². The Morgan fingerprint density at radius 1 is 1.26 bits per heavy atom. The van der Waals surface area contributed by atoms with E-state index in [9.17, 15) is 0 Å². The molecule has 0 saturated carbocycles. The number of rotatable bonds is 4. The molecule has 1 atom stereocenters. The van der Waals surface area contributed by atoms with Gasteiger partial charge in [-0.3, -0.25) is 4.68 Å². The van der Waals surface area contributed by atoms with E-state index in [1.54, 1.807) is 6.07 Å². The largest absolute Gasteiger partial charge is 0.322 e. The van der Waals surface area contributed by atoms with Crippen LogP contribution >= 0.6 is 23.2 Å². The summed E-state index contributed by atoms with van der Waals surface area (Å²) < 4.78 is 1.94. The Morgan fingerprint density at radius 2 is 2.00 bits per heavy atom. The molecular weight excluding hydrogens is 281 g/mol. The molecule has 2 N–H and O–H groups in total. The zero-order chi connectivity index (χ0) is 14.0. The van der Waals surface area contributed by atoms with Gasteiger partial charge < -0.3 is 5.73 Å². The van der Waals surface area contributed by atoms with Gasteiger partial charge in [-0.15, -0.1) is 0 Å². The van der Waals surface area contributed by atoms with Crippen LogP contribution in [0, 0.1) is 6.92 Å². The van der Waals surface area contributed by atoms with Gasteiger partial charge in [-0.1, -0.05) is 29.3 Å². The van der Waals surface area contributed by atoms with Crippen LogP contribution in [-0.4, -0.2) is 9.78 Å². The lowest BCUT2D eigenvalue weighted by Crippen LogP contribution is -2.18. The van der Waals surface area contributed by atoms with Gasteiger partial charge in [0.25, 0.3) is 0 Å². The molecule has 2 aromatic rings. The molecular formula is C14H17Cl2N3. The molecule has 0 saturated heterocycles. The molecule has 1 aromatic carbocycles. The number of halogens is 2. The fraction of sp³-hybridized carbons (Fsp3) is 0.357. The number of nitrogens with two attached hydrogens (primary N) is 1. The number of benzene rings is 1. The van der Waals surface area contributed by atoms with Crippen LogP contribution < -0.4 is 5.73 Å². The van der Waals surface area contributed by atoms with Crippen molar-refractivity contribution in [2.24, 2.45) is 5.73 Å². The Bertz CT molecular complexity index is 578. The number of aryl methyl sites for hydroxylation is 2. The molecule has 19 heavy (non-hydrogen) atoms. The van der Waals surface area contributed by atoms with Gasteiger partial charge in [-0.25, -0.2) is 0 Å². The van der Waals surface area contributed by atoms with Crippen LogP contribution in [0.25, 0.3) is 0 Å². The number of hydrogen-bond donors (Lipinski definition) is 1. The van der Waals surface area contributed by atoms with E-state index in [0.29, 0.717) is 16.5 Å². The Labute approximate surface area is 123 Å². The molecule has 1 aromatic heterocycles. The number of nitrogens with zero attached hydrogens (tertiary/aromatic N) is 2. The van der Waals surface area contributed by atoms with Crippen LogP contribution in [0.2, 0.25) is 10.0 Å². The standard InChI is InChI=1S/C14H17Cl2N3/c1-3-19-14(6-9(2)18-19)13(17)8-10-4-5-11(15)12(16)7-10/h4-7,13H,3,8,17H2,1-2H3. The molecule has 0 spiro atoms. The van der Waals surface area contributed by atoms with Crippen LogP contribution in [0.5, 0.6) is 0 Å². The van der Waals surface area contributed by atoms with E-state index < -0.39 is 0 Å². The lowest BCUT2D eigenvalue weighted by molar-refractivity contribution is 0.566. The maximum absolute atomic E-state index is 6.27. The summed E-state index contributed by atoms with van der Waals surface area (Å²) >= 11 is 11.9. The predicted molar refractivity (Wildman–Crippen MR) is 79.7 cm³/mol. The summed E-state index contributed by atoms with van der Waals surface area (Å²) in [6, 6.07) is 7.55. The molecule has 3 nitrogen and oxygen atoms in total. The lowest BCUT2D eigenvalue weighted by Gasteiger charge is -2.13. The maximum Gasteiger partial charge on any atom is 0.0597 e. The van der Waals surface area contributed by atoms with Gasteiger partial charge in [0.05, 0.1) is 27.5 Å². The first kappa shape index (κ1) is 14.4. The highest BCUT2D eigenvalue weighted by Gasteiger charge is 2.14. The van der Waals surface area contributed by atoms with Gasteiger partial charge in [-0.05, 0) is 44.0 Å². The monoisotopic (exact) mass is 297 g/mol. The molecule has 0 amide bonds. The van der Waals surface area contributed by atoms with Crippen molar-refractivity contribution in [3.05, 3.63) is 51.3 Å². The molecule has 0 radical (unpaired) electrons. The summed E-state index contributed by atoms with van der Waals surface area (Å²) in [5, 5.41) is 5.54. The molecule has 0 bridgehead atoms. The van der Waals surface area contributed by atoms with Gasteiger partial charge in [0.15, 0.2) is 0 Å². The van der Waals surface area contributed by atoms with Crippen LogP contribution in [0.15, 0.2) is 24.3 Å². The molecule has 0 fully saturated rings. The van der Waals surface area contributed by atoms with Gasteiger partial charge >= 0.3 is 0 Å². The normalized spacial score (nSPS) is 12.7. The van der Waals surface area contributed by atoms with E-state index >= 15 is 0 Å². The van der Waals surface area contributed by atoms with Gasteiger partial charge in [0, 0.05) is 6.54 Å². The van der Waals surface area contributed by atoms with E-state index in [1.807, 2.05) is 29.8 Å². The predicted octanol–water partition coefficient (Wildman–Crippen LogP) is 3.76. The molecule has 1 unspecified atom stereocenters. The minimum absolute atomic E-state index is 0.0987. The van der Waals surface area contributed by atoms with E-state index in [2.05, 4.69) is 12.0 Å². The van der Waals surface area contributed by atoms with Crippen molar-refractivity contribution < 1.29 is 0 Å². The summed E-state index contributed by atoms with van der Waals surface area (Å²) in [5.74, 6) is 0. The van der Waals surface area contributed by atoms with Crippen molar-refractivity contribution in [3.63, 3.8) is 0 Å². The second-order valence-electron chi connectivity index (χ2n) is 4.59. The van der Waals surface area contributed by atoms with E-state index in [-0.39, 0.29) is 6.04 Å². The van der Waals surface area contributed by atoms with Crippen LogP contribution in [0.3, 0.4) is 0 Å². The smallest absolute Gasteiger partial charge is 0.0597 e. The Hall–Kier alpha value is -1.03. The summed E-state index contributed by atoms with van der Waals surface area (Å²) in [5.41, 5.74) is 9.38. The average molecular weight is 298 g/mol. The minimum Gasteiger partial charge on any atom is -0.322 e. The third-order valence-corrected chi connectivity index (χ3v) is 3.79. The van der Waals surface area contributed by atoms with Crippen molar-refractivity contribution in [1.29, 1.82) is 0 Å². The number of hydrogen-bond acceptors (Lipinski definition) is 2. The Kier molecular flexibility index (Phi) is 4.50. The zero-order valence-electron chi connectivity index (χ0n) is 11.0. The molecule has 102 valence electrons. The van der Waals surface area contributed by atoms with Crippen molar-refractivity contribution in [2.75, 3.05) is 0 Å². The molecule has 5 heteroatoms. The fourth-order valence-corrected chi connectivity index (χ4v) is 2.46. The SMILES string of the molecule is CCn1nc(C)cc1C(N)Cc1ccc(Cl)c(Cl)c1. The Balaban J connectivity index is 2.20. The first-order chi connectivity index (χ1) is 9.01. The quantitative estimate of drug-likeness (QED) is 0.934. The molecule has 2 rings (SSSR count). The van der Waals surface area contributed by atoms with E-state index in [0.717, 1.165) is 23.5 Å². The highest BCUT2D eigenvalue weighted by molar-refractivity contribution is 6.42. The van der Waals surface area contributed by atoms with Gasteiger partial charge in [0.2, 0.25) is 0 Å². The van der Waals surface area contributed by atoms with Crippen molar-refractivity contribution in [2.45, 2.75) is 32.9 Å². The third-order valence-electron chi connectivity index (χ3n) is 3.05. The van der Waals surface area contributed by atoms with E-state index in [1.165, 1.54) is 0 Å². The van der Waals surface area contributed by atoms with Gasteiger partial charge in [-0.2, -0.15) is 5.10 Å². The zero-order valence-corrected chi connectivity index (χ0v) is 12.5. The second kappa shape index (κ2) is 5.95. The second-order valence-corrected chi connectivity index (χ2v) is 5.40. The highest BCUT2D eigenvalue weighted by Crippen LogP contribution is 2.25. The molecule has 0 aliphatic carbocycles. The number of aromatic nitrogens is 2. The van der Waals surface area contributed by atoms with Crippen molar-refractivity contribution in [1.82, 2.24) is 9.78 Å². The minimum atomic E-state index is -0.0987. The van der Waals surface area contributed by atoms with Crippen LogP contribution in [0.4, 0.5) is 0 Å². The molecule has 0 aliphatic heterocycles. The van der Waals surface area contributed by atoms with Crippen molar-refractivity contribution in [3.8, 4) is 0 Å². The first-order valence-electron chi connectivity index (χ1n) is 6.25. The maximum atomic E-state index is 6.27. The summed E-state index contributed by atoms with van der Waals surface area (Å²) in [7, 11) is 0. The van der Waals surface area contributed by atoms with E-state index in [4.69, 9.17) is 28.9 Å². The fourth-order valence-electron chi connectivity index (χ4n) is 2.14. The topological polar surface area (TPSA) is 43.8 Å². The molecule has 1 heterocycles. The third kappa shape index (κ3) is 3.30. The van der Waals surface area contributed by atoms with Crippen molar-refractivity contribution >= 4 is 23.2 Å². The highest BCUT2D eigenvalue weighted by atomic mass is 35.5. The Morgan fingerprint density at radius 3 is 2.63 bits per heavy atom. The van der Waals surface area contributed by atoms with Gasteiger partial charge in [0.1, 0.15) is 0 Å². The van der Waals surface area contributed by atoms with Crippen LogP contribution in [-0.2, 0) is 13.0 Å². The average Bonchev–Trinajstić information content (AvgIpc) is 2.75. The summed E-state index contributed by atoms with van der Waals surface area (Å²) in [6.07, 6.45) is 0.710. The summed E-state index contributed by atoms with van der Waals surface area (Å²) in [4.78, 5) is 0. The first-order valence-corrected chi connectivity index (χ1v) is 7.00. The lowest BCUT2D eigenvalue weighted by atomic mass is 10.0. The molecule has 0 aliphatic rings. The summed E-state index contributed by atoms with van der Waals surface area (Å²) in [6.45, 7) is 4.85.